The van der Waals surface area contributed by atoms with Crippen molar-refractivity contribution in [3.8, 4) is 5.75 Å². The molecule has 0 aliphatic carbocycles. The number of aliphatic hydroxyl groups is 1. The van der Waals surface area contributed by atoms with Crippen LogP contribution in [0.5, 0.6) is 5.75 Å². The second-order valence-corrected chi connectivity index (χ2v) is 7.62. The van der Waals surface area contributed by atoms with Gasteiger partial charge in [-0.3, -0.25) is 9.59 Å². The average molecular weight is 412 g/mol. The van der Waals surface area contributed by atoms with Crippen LogP contribution in [0, 0.1) is 5.92 Å². The Kier molecular flexibility index (Phi) is 7.07. The van der Waals surface area contributed by atoms with Gasteiger partial charge in [-0.15, -0.1) is 0 Å². The summed E-state index contributed by atoms with van der Waals surface area (Å²) in [6, 6.07) is 14.3. The van der Waals surface area contributed by atoms with E-state index in [2.05, 4.69) is 5.32 Å². The number of aliphatic hydroxyl groups excluding tert-OH is 1. The monoisotopic (exact) mass is 412 g/mol. The van der Waals surface area contributed by atoms with Crippen molar-refractivity contribution in [2.24, 2.45) is 5.92 Å². The summed E-state index contributed by atoms with van der Waals surface area (Å²) in [6.07, 6.45) is -0.458. The number of benzene rings is 2. The fourth-order valence-corrected chi connectivity index (χ4v) is 3.39. The molecule has 3 rings (SSSR count). The number of carbonyl (C=O) groups excluding carboxylic acids is 2. The van der Waals surface area contributed by atoms with E-state index < -0.39 is 12.1 Å². The Bertz CT molecular complexity index is 864. The van der Waals surface area contributed by atoms with E-state index in [0.29, 0.717) is 12.2 Å². The predicted molar refractivity (Wildman–Crippen MR) is 113 cm³/mol. The molecule has 160 valence electrons. The van der Waals surface area contributed by atoms with E-state index in [-0.39, 0.29) is 30.9 Å². The summed E-state index contributed by atoms with van der Waals surface area (Å²) in [7, 11) is 1.60. The molecular weight excluding hydrogens is 384 g/mol. The Hall–Kier alpha value is -2.90. The van der Waals surface area contributed by atoms with E-state index in [9.17, 15) is 14.7 Å². The summed E-state index contributed by atoms with van der Waals surface area (Å²) in [5, 5.41) is 12.9. The first-order chi connectivity index (χ1) is 14.4. The number of nitrogens with one attached hydrogen (secondary N) is 1. The minimum absolute atomic E-state index is 0.0524. The van der Waals surface area contributed by atoms with E-state index in [0.717, 1.165) is 16.9 Å². The van der Waals surface area contributed by atoms with Gasteiger partial charge in [0, 0.05) is 18.2 Å². The van der Waals surface area contributed by atoms with Crippen LogP contribution < -0.4 is 10.1 Å². The van der Waals surface area contributed by atoms with Gasteiger partial charge in [0.2, 0.25) is 11.8 Å². The zero-order valence-corrected chi connectivity index (χ0v) is 17.5. The molecule has 2 aromatic carbocycles. The number of hydrogen-bond donors (Lipinski definition) is 2. The van der Waals surface area contributed by atoms with Crippen molar-refractivity contribution in [3.05, 3.63) is 59.7 Å². The molecule has 0 bridgehead atoms. The Morgan fingerprint density at radius 1 is 1.20 bits per heavy atom. The van der Waals surface area contributed by atoms with Crippen LogP contribution >= 0.6 is 0 Å². The lowest BCUT2D eigenvalue weighted by molar-refractivity contribution is -0.162. The third-order valence-corrected chi connectivity index (χ3v) is 5.19. The molecule has 0 radical (unpaired) electrons. The predicted octanol–water partition coefficient (Wildman–Crippen LogP) is 2.75. The number of morpholine rings is 1. The molecule has 1 heterocycles. The minimum atomic E-state index is -0.510. The maximum absolute atomic E-state index is 12.5. The number of ether oxygens (including phenoxy) is 2. The molecular formula is C23H28N2O5. The van der Waals surface area contributed by atoms with Gasteiger partial charge in [0.25, 0.3) is 0 Å². The quantitative estimate of drug-likeness (QED) is 0.730. The number of rotatable bonds is 7. The van der Waals surface area contributed by atoms with Crippen LogP contribution in [0.4, 0.5) is 5.69 Å². The maximum atomic E-state index is 12.5. The molecule has 2 atom stereocenters. The highest BCUT2D eigenvalue weighted by molar-refractivity contribution is 5.92. The van der Waals surface area contributed by atoms with Gasteiger partial charge in [-0.25, -0.2) is 0 Å². The summed E-state index contributed by atoms with van der Waals surface area (Å²) in [5.74, 6) is 0.416. The van der Waals surface area contributed by atoms with E-state index in [1.54, 1.807) is 24.1 Å². The van der Waals surface area contributed by atoms with Crippen molar-refractivity contribution in [2.75, 3.05) is 25.6 Å². The largest absolute Gasteiger partial charge is 0.497 e. The molecule has 30 heavy (non-hydrogen) atoms. The van der Waals surface area contributed by atoms with Crippen molar-refractivity contribution in [3.63, 3.8) is 0 Å². The Morgan fingerprint density at radius 2 is 1.87 bits per heavy atom. The standard InChI is InChI=1S/C23H28N2O5/c1-15(2)23(28)24-18-8-6-17(7-9-18)22-20(13-26)25(21(27)14-30-22)12-16-4-10-19(29-3)11-5-16/h4-11,15,20,22,26H,12-14H2,1-3H3,(H,24,28). The smallest absolute Gasteiger partial charge is 0.249 e. The number of carbonyl (C=O) groups is 2. The van der Waals surface area contributed by atoms with E-state index in [4.69, 9.17) is 9.47 Å². The number of amides is 2. The lowest BCUT2D eigenvalue weighted by Crippen LogP contribution is -2.52. The molecule has 1 aliphatic heterocycles. The Labute approximate surface area is 176 Å². The van der Waals surface area contributed by atoms with Crippen LogP contribution in [0.1, 0.15) is 31.1 Å². The number of hydrogen-bond acceptors (Lipinski definition) is 5. The Balaban J connectivity index is 1.76. The third kappa shape index (κ3) is 4.98. The summed E-state index contributed by atoms with van der Waals surface area (Å²) < 4.78 is 11.0. The van der Waals surface area contributed by atoms with Gasteiger partial charge >= 0.3 is 0 Å². The maximum Gasteiger partial charge on any atom is 0.249 e. The topological polar surface area (TPSA) is 88.1 Å². The van der Waals surface area contributed by atoms with Crippen molar-refractivity contribution in [2.45, 2.75) is 32.5 Å². The number of methoxy groups -OCH3 is 1. The van der Waals surface area contributed by atoms with Crippen LogP contribution in [-0.4, -0.2) is 48.2 Å². The molecule has 2 N–H and O–H groups in total. The molecule has 2 amide bonds. The summed E-state index contributed by atoms with van der Waals surface area (Å²) in [4.78, 5) is 26.1. The van der Waals surface area contributed by atoms with Gasteiger partial charge in [0.05, 0.1) is 19.8 Å². The highest BCUT2D eigenvalue weighted by Gasteiger charge is 2.37. The first-order valence-corrected chi connectivity index (χ1v) is 9.98. The highest BCUT2D eigenvalue weighted by Crippen LogP contribution is 2.31. The molecule has 1 saturated heterocycles. The molecule has 0 aromatic heterocycles. The molecule has 2 aromatic rings. The van der Waals surface area contributed by atoms with Gasteiger partial charge in [0.15, 0.2) is 0 Å². The van der Waals surface area contributed by atoms with Crippen molar-refractivity contribution >= 4 is 17.5 Å². The molecule has 1 fully saturated rings. The molecule has 2 unspecified atom stereocenters. The first kappa shape index (κ1) is 21.8. The summed E-state index contributed by atoms with van der Waals surface area (Å²) in [5.41, 5.74) is 2.47. The Morgan fingerprint density at radius 3 is 2.43 bits per heavy atom. The average Bonchev–Trinajstić information content (AvgIpc) is 2.76. The summed E-state index contributed by atoms with van der Waals surface area (Å²) >= 11 is 0. The zero-order valence-electron chi connectivity index (χ0n) is 17.5. The van der Waals surface area contributed by atoms with Gasteiger partial charge in [-0.2, -0.15) is 0 Å². The fraction of sp³-hybridized carbons (Fsp3) is 0.391. The lowest BCUT2D eigenvalue weighted by atomic mass is 9.98. The zero-order chi connectivity index (χ0) is 21.7. The van der Waals surface area contributed by atoms with Crippen LogP contribution in [-0.2, 0) is 20.9 Å². The number of nitrogens with zero attached hydrogens (tertiary/aromatic N) is 1. The molecule has 7 heteroatoms. The second-order valence-electron chi connectivity index (χ2n) is 7.62. The van der Waals surface area contributed by atoms with Crippen molar-refractivity contribution in [1.29, 1.82) is 0 Å². The SMILES string of the molecule is COc1ccc(CN2C(=O)COC(c3ccc(NC(=O)C(C)C)cc3)C2CO)cc1. The molecule has 0 spiro atoms. The second kappa shape index (κ2) is 9.73. The van der Waals surface area contributed by atoms with Gasteiger partial charge < -0.3 is 24.8 Å². The van der Waals surface area contributed by atoms with E-state index >= 15 is 0 Å². The number of anilines is 1. The molecule has 0 saturated carbocycles. The summed E-state index contributed by atoms with van der Waals surface area (Å²) in [6.45, 7) is 3.76. The van der Waals surface area contributed by atoms with Crippen LogP contribution in [0.3, 0.4) is 0 Å². The lowest BCUT2D eigenvalue weighted by Gasteiger charge is -2.40. The minimum Gasteiger partial charge on any atom is -0.497 e. The van der Waals surface area contributed by atoms with Gasteiger partial charge in [-0.05, 0) is 35.4 Å². The van der Waals surface area contributed by atoms with Crippen LogP contribution in [0.2, 0.25) is 0 Å². The third-order valence-electron chi connectivity index (χ3n) is 5.19. The van der Waals surface area contributed by atoms with E-state index in [1.807, 2.05) is 50.2 Å². The van der Waals surface area contributed by atoms with Crippen molar-refractivity contribution in [1.82, 2.24) is 4.90 Å². The van der Waals surface area contributed by atoms with Gasteiger partial charge in [0.1, 0.15) is 18.5 Å². The van der Waals surface area contributed by atoms with Gasteiger partial charge in [-0.1, -0.05) is 38.1 Å². The van der Waals surface area contributed by atoms with Crippen LogP contribution in [0.25, 0.3) is 0 Å². The van der Waals surface area contributed by atoms with Crippen molar-refractivity contribution < 1.29 is 24.2 Å². The normalized spacial score (nSPS) is 19.1. The molecule has 7 nitrogen and oxygen atoms in total. The van der Waals surface area contributed by atoms with Crippen LogP contribution in [0.15, 0.2) is 48.5 Å². The fourth-order valence-electron chi connectivity index (χ4n) is 3.39. The molecule has 1 aliphatic rings. The van der Waals surface area contributed by atoms with E-state index in [1.165, 1.54) is 0 Å². The highest BCUT2D eigenvalue weighted by atomic mass is 16.5. The first-order valence-electron chi connectivity index (χ1n) is 9.98.